The molecule has 6 nitrogen and oxygen atoms in total. The Morgan fingerprint density at radius 2 is 1.70 bits per heavy atom. The topological polar surface area (TPSA) is 57.2 Å². The molecule has 1 amide bonds. The van der Waals surface area contributed by atoms with E-state index in [-0.39, 0.29) is 12.0 Å². The Bertz CT molecular complexity index is 764. The molecule has 1 aliphatic rings. The molecular formula is C21H25NO5. The Labute approximate surface area is 159 Å². The number of hydrogen-bond donors (Lipinski definition) is 0. The van der Waals surface area contributed by atoms with E-state index in [4.69, 9.17) is 18.9 Å². The zero-order chi connectivity index (χ0) is 19.1. The second-order valence-corrected chi connectivity index (χ2v) is 6.28. The minimum atomic E-state index is -0.176. The molecule has 1 aliphatic heterocycles. The average Bonchev–Trinajstić information content (AvgIpc) is 2.73. The SMILES string of the molecule is COc1ccccc1CC(=O)N1CCOC(COc2ccccc2OC)C1. The highest BCUT2D eigenvalue weighted by Gasteiger charge is 2.25. The quantitative estimate of drug-likeness (QED) is 0.749. The molecule has 1 unspecified atom stereocenters. The first-order valence-corrected chi connectivity index (χ1v) is 8.98. The van der Waals surface area contributed by atoms with Crippen LogP contribution in [0.4, 0.5) is 0 Å². The zero-order valence-corrected chi connectivity index (χ0v) is 15.7. The van der Waals surface area contributed by atoms with Gasteiger partial charge in [0.2, 0.25) is 5.91 Å². The lowest BCUT2D eigenvalue weighted by atomic mass is 10.1. The van der Waals surface area contributed by atoms with Gasteiger partial charge in [-0.2, -0.15) is 0 Å². The van der Waals surface area contributed by atoms with E-state index in [1.165, 1.54) is 0 Å². The van der Waals surface area contributed by atoms with E-state index >= 15 is 0 Å². The third kappa shape index (κ3) is 4.92. The predicted octanol–water partition coefficient (Wildman–Crippen LogP) is 2.55. The molecule has 0 aliphatic carbocycles. The van der Waals surface area contributed by atoms with Crippen molar-refractivity contribution in [2.75, 3.05) is 40.5 Å². The van der Waals surface area contributed by atoms with Crippen LogP contribution < -0.4 is 14.2 Å². The number of ether oxygens (including phenoxy) is 4. The summed E-state index contributed by atoms with van der Waals surface area (Å²) in [5.74, 6) is 2.14. The first kappa shape index (κ1) is 19.0. The Morgan fingerprint density at radius 3 is 2.44 bits per heavy atom. The Hall–Kier alpha value is -2.73. The molecule has 27 heavy (non-hydrogen) atoms. The fraction of sp³-hybridized carbons (Fsp3) is 0.381. The highest BCUT2D eigenvalue weighted by atomic mass is 16.5. The fourth-order valence-electron chi connectivity index (χ4n) is 3.09. The maximum Gasteiger partial charge on any atom is 0.227 e. The molecule has 144 valence electrons. The van der Waals surface area contributed by atoms with Crippen LogP contribution in [0, 0.1) is 0 Å². The van der Waals surface area contributed by atoms with Gasteiger partial charge in [0.15, 0.2) is 11.5 Å². The van der Waals surface area contributed by atoms with Crippen LogP contribution >= 0.6 is 0 Å². The van der Waals surface area contributed by atoms with Crippen LogP contribution in [0.2, 0.25) is 0 Å². The Balaban J connectivity index is 1.56. The molecule has 1 atom stereocenters. The normalized spacial score (nSPS) is 16.7. The number of amides is 1. The lowest BCUT2D eigenvalue weighted by Gasteiger charge is -2.33. The maximum atomic E-state index is 12.7. The minimum absolute atomic E-state index is 0.0603. The van der Waals surface area contributed by atoms with E-state index in [9.17, 15) is 4.79 Å². The number of para-hydroxylation sites is 3. The summed E-state index contributed by atoms with van der Waals surface area (Å²) in [5, 5.41) is 0. The molecule has 0 spiro atoms. The standard InChI is InChI=1S/C21H25NO5/c1-24-18-8-4-3-7-16(18)13-21(23)22-11-12-26-17(14-22)15-27-20-10-6-5-9-19(20)25-2/h3-10,17H,11-15H2,1-2H3. The number of benzene rings is 2. The van der Waals surface area contributed by atoms with Gasteiger partial charge in [-0.15, -0.1) is 0 Å². The van der Waals surface area contributed by atoms with Gasteiger partial charge in [-0.3, -0.25) is 4.79 Å². The van der Waals surface area contributed by atoms with E-state index < -0.39 is 0 Å². The number of morpholine rings is 1. The van der Waals surface area contributed by atoms with Crippen LogP contribution in [-0.2, 0) is 16.0 Å². The summed E-state index contributed by atoms with van der Waals surface area (Å²) in [5.41, 5.74) is 0.887. The first-order valence-electron chi connectivity index (χ1n) is 8.98. The van der Waals surface area contributed by atoms with E-state index in [0.717, 1.165) is 11.3 Å². The van der Waals surface area contributed by atoms with Crippen molar-refractivity contribution in [3.8, 4) is 17.2 Å². The molecule has 2 aromatic rings. The van der Waals surface area contributed by atoms with Gasteiger partial charge in [0.05, 0.1) is 33.8 Å². The van der Waals surface area contributed by atoms with Crippen molar-refractivity contribution in [1.82, 2.24) is 4.90 Å². The second kappa shape index (κ2) is 9.28. The summed E-state index contributed by atoms with van der Waals surface area (Å²) in [4.78, 5) is 14.5. The van der Waals surface area contributed by atoms with Gasteiger partial charge in [-0.1, -0.05) is 30.3 Å². The minimum Gasteiger partial charge on any atom is -0.496 e. The summed E-state index contributed by atoms with van der Waals surface area (Å²) >= 11 is 0. The van der Waals surface area contributed by atoms with Crippen LogP contribution in [0.15, 0.2) is 48.5 Å². The summed E-state index contributed by atoms with van der Waals surface area (Å²) in [6, 6.07) is 15.1. The van der Waals surface area contributed by atoms with Gasteiger partial charge in [0, 0.05) is 12.1 Å². The molecule has 1 heterocycles. The van der Waals surface area contributed by atoms with Gasteiger partial charge in [-0.25, -0.2) is 0 Å². The average molecular weight is 371 g/mol. The van der Waals surface area contributed by atoms with Crippen molar-refractivity contribution in [3.63, 3.8) is 0 Å². The Morgan fingerprint density at radius 1 is 1.04 bits per heavy atom. The number of rotatable bonds is 7. The van der Waals surface area contributed by atoms with E-state index in [2.05, 4.69) is 0 Å². The number of hydrogen-bond acceptors (Lipinski definition) is 5. The summed E-state index contributed by atoms with van der Waals surface area (Å²) in [6.45, 7) is 1.94. The molecule has 0 aromatic heterocycles. The van der Waals surface area contributed by atoms with Crippen molar-refractivity contribution in [2.45, 2.75) is 12.5 Å². The van der Waals surface area contributed by atoms with Crippen molar-refractivity contribution in [3.05, 3.63) is 54.1 Å². The summed E-state index contributed by atoms with van der Waals surface area (Å²) in [6.07, 6.45) is 0.134. The van der Waals surface area contributed by atoms with Crippen LogP contribution in [0.5, 0.6) is 17.2 Å². The highest BCUT2D eigenvalue weighted by Crippen LogP contribution is 2.26. The molecule has 1 saturated heterocycles. The zero-order valence-electron chi connectivity index (χ0n) is 15.7. The molecule has 0 radical (unpaired) electrons. The lowest BCUT2D eigenvalue weighted by Crippen LogP contribution is -2.48. The van der Waals surface area contributed by atoms with Gasteiger partial charge in [0.25, 0.3) is 0 Å². The third-order valence-electron chi connectivity index (χ3n) is 4.52. The fourth-order valence-corrected chi connectivity index (χ4v) is 3.09. The largest absolute Gasteiger partial charge is 0.496 e. The molecule has 6 heteroatoms. The monoisotopic (exact) mass is 371 g/mol. The molecule has 0 N–H and O–H groups in total. The summed E-state index contributed by atoms with van der Waals surface area (Å²) < 4.78 is 22.2. The second-order valence-electron chi connectivity index (χ2n) is 6.28. The maximum absolute atomic E-state index is 12.7. The predicted molar refractivity (Wildman–Crippen MR) is 102 cm³/mol. The molecule has 3 rings (SSSR count). The Kier molecular flexibility index (Phi) is 6.54. The van der Waals surface area contributed by atoms with Gasteiger partial charge < -0.3 is 23.8 Å². The smallest absolute Gasteiger partial charge is 0.227 e. The van der Waals surface area contributed by atoms with Crippen LogP contribution in [0.3, 0.4) is 0 Å². The third-order valence-corrected chi connectivity index (χ3v) is 4.52. The molecule has 0 saturated carbocycles. The van der Waals surface area contributed by atoms with Crippen molar-refractivity contribution < 1.29 is 23.7 Å². The van der Waals surface area contributed by atoms with E-state index in [1.807, 2.05) is 53.4 Å². The highest BCUT2D eigenvalue weighted by molar-refractivity contribution is 5.79. The number of carbonyl (C=O) groups is 1. The number of methoxy groups -OCH3 is 2. The molecule has 1 fully saturated rings. The molecule has 0 bridgehead atoms. The van der Waals surface area contributed by atoms with Gasteiger partial charge >= 0.3 is 0 Å². The van der Waals surface area contributed by atoms with Crippen molar-refractivity contribution in [1.29, 1.82) is 0 Å². The number of carbonyl (C=O) groups excluding carboxylic acids is 1. The molecular weight excluding hydrogens is 346 g/mol. The number of nitrogens with zero attached hydrogens (tertiary/aromatic N) is 1. The van der Waals surface area contributed by atoms with Gasteiger partial charge in [-0.05, 0) is 18.2 Å². The van der Waals surface area contributed by atoms with Gasteiger partial charge in [0.1, 0.15) is 18.5 Å². The summed E-state index contributed by atoms with van der Waals surface area (Å²) in [7, 11) is 3.22. The lowest BCUT2D eigenvalue weighted by molar-refractivity contribution is -0.139. The van der Waals surface area contributed by atoms with Crippen molar-refractivity contribution in [2.24, 2.45) is 0 Å². The van der Waals surface area contributed by atoms with Crippen LogP contribution in [-0.4, -0.2) is 57.4 Å². The first-order chi connectivity index (χ1) is 13.2. The van der Waals surface area contributed by atoms with Crippen LogP contribution in [0.1, 0.15) is 5.56 Å². The molecule has 2 aromatic carbocycles. The van der Waals surface area contributed by atoms with E-state index in [1.54, 1.807) is 14.2 Å². The van der Waals surface area contributed by atoms with E-state index in [0.29, 0.717) is 44.2 Å². The van der Waals surface area contributed by atoms with Crippen LogP contribution in [0.25, 0.3) is 0 Å². The van der Waals surface area contributed by atoms with Crippen molar-refractivity contribution >= 4 is 5.91 Å².